The van der Waals surface area contributed by atoms with Crippen LogP contribution in [0.4, 0.5) is 0 Å². The van der Waals surface area contributed by atoms with Gasteiger partial charge < -0.3 is 4.90 Å². The SMILES string of the molecule is O=C([C@H]1CCCN(C2CCN(S(=O)(=O)c3cccs3)CC2)C1)N1CCCC1. The Morgan fingerprint density at radius 2 is 1.74 bits per heavy atom. The van der Waals surface area contributed by atoms with Crippen LogP contribution in [0.5, 0.6) is 0 Å². The molecule has 0 unspecified atom stereocenters. The summed E-state index contributed by atoms with van der Waals surface area (Å²) in [4.78, 5) is 17.3. The molecule has 150 valence electrons. The Kier molecular flexibility index (Phi) is 5.87. The molecule has 0 spiro atoms. The molecule has 0 aliphatic carbocycles. The minimum Gasteiger partial charge on any atom is -0.342 e. The zero-order valence-electron chi connectivity index (χ0n) is 15.8. The van der Waals surface area contributed by atoms with Gasteiger partial charge in [0.25, 0.3) is 10.0 Å². The molecular weight excluding hydrogens is 382 g/mol. The first-order valence-corrected chi connectivity index (χ1v) is 12.4. The molecule has 0 radical (unpaired) electrons. The second kappa shape index (κ2) is 8.19. The van der Waals surface area contributed by atoms with Gasteiger partial charge >= 0.3 is 0 Å². The number of hydrogen-bond donors (Lipinski definition) is 0. The van der Waals surface area contributed by atoms with Crippen molar-refractivity contribution in [1.82, 2.24) is 14.1 Å². The third-order valence-electron chi connectivity index (χ3n) is 6.25. The molecule has 3 fully saturated rings. The third kappa shape index (κ3) is 4.09. The van der Waals surface area contributed by atoms with Crippen molar-refractivity contribution < 1.29 is 13.2 Å². The van der Waals surface area contributed by atoms with Crippen LogP contribution in [0, 0.1) is 5.92 Å². The molecule has 3 aliphatic rings. The van der Waals surface area contributed by atoms with Crippen LogP contribution in [0.3, 0.4) is 0 Å². The third-order valence-corrected chi connectivity index (χ3v) is 9.52. The predicted molar refractivity (Wildman–Crippen MR) is 106 cm³/mol. The second-order valence-corrected chi connectivity index (χ2v) is 11.0. The van der Waals surface area contributed by atoms with Crippen LogP contribution in [-0.2, 0) is 14.8 Å². The minimum atomic E-state index is -3.34. The number of likely N-dealkylation sites (tertiary alicyclic amines) is 2. The van der Waals surface area contributed by atoms with Crippen LogP contribution >= 0.6 is 11.3 Å². The molecule has 8 heteroatoms. The Morgan fingerprint density at radius 1 is 1.00 bits per heavy atom. The van der Waals surface area contributed by atoms with Crippen molar-refractivity contribution in [2.45, 2.75) is 48.8 Å². The molecule has 3 aliphatic heterocycles. The Hall–Kier alpha value is -0.960. The highest BCUT2D eigenvalue weighted by Crippen LogP contribution is 2.29. The van der Waals surface area contributed by atoms with E-state index in [-0.39, 0.29) is 5.92 Å². The molecule has 1 aromatic rings. The maximum atomic E-state index is 12.8. The molecule has 0 saturated carbocycles. The van der Waals surface area contributed by atoms with Gasteiger partial charge in [0.15, 0.2) is 0 Å². The van der Waals surface area contributed by atoms with Gasteiger partial charge in [-0.2, -0.15) is 4.31 Å². The molecule has 4 rings (SSSR count). The molecule has 27 heavy (non-hydrogen) atoms. The summed E-state index contributed by atoms with van der Waals surface area (Å²) in [6.07, 6.45) is 6.05. The molecular formula is C19H29N3O3S2. The lowest BCUT2D eigenvalue weighted by molar-refractivity contribution is -0.136. The number of hydrogen-bond acceptors (Lipinski definition) is 5. The Bertz CT molecular complexity index is 736. The maximum Gasteiger partial charge on any atom is 0.252 e. The fourth-order valence-corrected chi connectivity index (χ4v) is 7.33. The largest absolute Gasteiger partial charge is 0.342 e. The van der Waals surface area contributed by atoms with E-state index in [1.165, 1.54) is 11.3 Å². The van der Waals surface area contributed by atoms with E-state index in [0.29, 0.717) is 29.2 Å². The number of amides is 1. The minimum absolute atomic E-state index is 0.129. The van der Waals surface area contributed by atoms with E-state index < -0.39 is 10.0 Å². The van der Waals surface area contributed by atoms with Gasteiger partial charge in [0.1, 0.15) is 4.21 Å². The van der Waals surface area contributed by atoms with E-state index in [0.717, 1.165) is 64.7 Å². The summed E-state index contributed by atoms with van der Waals surface area (Å²) in [7, 11) is -3.34. The van der Waals surface area contributed by atoms with Gasteiger partial charge in [0.05, 0.1) is 5.92 Å². The van der Waals surface area contributed by atoms with Gasteiger partial charge in [-0.25, -0.2) is 8.42 Å². The summed E-state index contributed by atoms with van der Waals surface area (Å²) < 4.78 is 27.5. The zero-order valence-corrected chi connectivity index (χ0v) is 17.4. The summed E-state index contributed by atoms with van der Waals surface area (Å²) in [6, 6.07) is 3.87. The monoisotopic (exact) mass is 411 g/mol. The highest BCUT2D eigenvalue weighted by Gasteiger charge is 2.36. The van der Waals surface area contributed by atoms with Crippen molar-refractivity contribution >= 4 is 27.3 Å². The topological polar surface area (TPSA) is 60.9 Å². The fraction of sp³-hybridized carbons (Fsp3) is 0.737. The van der Waals surface area contributed by atoms with Crippen LogP contribution in [0.2, 0.25) is 0 Å². The van der Waals surface area contributed by atoms with E-state index in [1.807, 2.05) is 10.3 Å². The second-order valence-electron chi connectivity index (χ2n) is 7.93. The first-order chi connectivity index (χ1) is 13.1. The van der Waals surface area contributed by atoms with E-state index in [1.54, 1.807) is 16.4 Å². The van der Waals surface area contributed by atoms with Crippen molar-refractivity contribution in [2.75, 3.05) is 39.3 Å². The van der Waals surface area contributed by atoms with E-state index in [4.69, 9.17) is 0 Å². The number of rotatable bonds is 4. The number of carbonyl (C=O) groups is 1. The maximum absolute atomic E-state index is 12.8. The van der Waals surface area contributed by atoms with Crippen molar-refractivity contribution in [3.63, 3.8) is 0 Å². The quantitative estimate of drug-likeness (QED) is 0.762. The first-order valence-electron chi connectivity index (χ1n) is 10.1. The summed E-state index contributed by atoms with van der Waals surface area (Å²) in [5.74, 6) is 0.472. The molecule has 6 nitrogen and oxygen atoms in total. The summed E-state index contributed by atoms with van der Waals surface area (Å²) in [6.45, 7) is 4.88. The van der Waals surface area contributed by atoms with Crippen LogP contribution in [0.1, 0.15) is 38.5 Å². The van der Waals surface area contributed by atoms with E-state index >= 15 is 0 Å². The van der Waals surface area contributed by atoms with Crippen LogP contribution in [0.15, 0.2) is 21.7 Å². The summed E-state index contributed by atoms with van der Waals surface area (Å²) >= 11 is 1.29. The van der Waals surface area contributed by atoms with Crippen molar-refractivity contribution in [3.05, 3.63) is 17.5 Å². The molecule has 4 heterocycles. The lowest BCUT2D eigenvalue weighted by Gasteiger charge is -2.42. The first kappa shape index (κ1) is 19.4. The normalized spacial score (nSPS) is 26.5. The Balaban J connectivity index is 1.33. The highest BCUT2D eigenvalue weighted by atomic mass is 32.2. The molecule has 0 bridgehead atoms. The van der Waals surface area contributed by atoms with Crippen molar-refractivity contribution in [3.8, 4) is 0 Å². The number of piperidine rings is 2. The van der Waals surface area contributed by atoms with E-state index in [2.05, 4.69) is 4.90 Å². The van der Waals surface area contributed by atoms with Crippen molar-refractivity contribution in [1.29, 1.82) is 0 Å². The van der Waals surface area contributed by atoms with Crippen LogP contribution < -0.4 is 0 Å². The average molecular weight is 412 g/mol. The smallest absolute Gasteiger partial charge is 0.252 e. The number of carbonyl (C=O) groups excluding carboxylic acids is 1. The molecule has 3 saturated heterocycles. The molecule has 1 atom stereocenters. The van der Waals surface area contributed by atoms with Gasteiger partial charge in [0, 0.05) is 38.8 Å². The number of sulfonamides is 1. The van der Waals surface area contributed by atoms with Gasteiger partial charge in [-0.1, -0.05) is 6.07 Å². The number of thiophene rings is 1. The van der Waals surface area contributed by atoms with Gasteiger partial charge in [-0.05, 0) is 56.5 Å². The number of nitrogens with zero attached hydrogens (tertiary/aromatic N) is 3. The summed E-state index contributed by atoms with van der Waals surface area (Å²) in [5.41, 5.74) is 0. The molecule has 1 aromatic heterocycles. The summed E-state index contributed by atoms with van der Waals surface area (Å²) in [5, 5.41) is 1.81. The van der Waals surface area contributed by atoms with Gasteiger partial charge in [-0.3, -0.25) is 9.69 Å². The Labute approximate surface area is 166 Å². The van der Waals surface area contributed by atoms with Gasteiger partial charge in [-0.15, -0.1) is 11.3 Å². The van der Waals surface area contributed by atoms with Crippen LogP contribution in [-0.4, -0.2) is 73.7 Å². The lowest BCUT2D eigenvalue weighted by Crippen LogP contribution is -2.51. The Morgan fingerprint density at radius 3 is 2.41 bits per heavy atom. The average Bonchev–Trinajstić information content (AvgIpc) is 3.42. The van der Waals surface area contributed by atoms with E-state index in [9.17, 15) is 13.2 Å². The highest BCUT2D eigenvalue weighted by molar-refractivity contribution is 7.91. The lowest BCUT2D eigenvalue weighted by atomic mass is 9.93. The van der Waals surface area contributed by atoms with Crippen LogP contribution in [0.25, 0.3) is 0 Å². The van der Waals surface area contributed by atoms with Crippen molar-refractivity contribution in [2.24, 2.45) is 5.92 Å². The standard InChI is InChI=1S/C19H29N3O3S2/c23-19(20-9-1-2-10-20)16-5-3-11-21(15-16)17-7-12-22(13-8-17)27(24,25)18-6-4-14-26-18/h4,6,14,16-17H,1-3,5,7-13,15H2/t16-/m0/s1. The van der Waals surface area contributed by atoms with Gasteiger partial charge in [0.2, 0.25) is 5.91 Å². The predicted octanol–water partition coefficient (Wildman–Crippen LogP) is 2.24. The molecule has 1 amide bonds. The molecule has 0 N–H and O–H groups in total. The zero-order chi connectivity index (χ0) is 18.9. The fourth-order valence-electron chi connectivity index (χ4n) is 4.72. The molecule has 0 aromatic carbocycles.